The maximum Gasteiger partial charge on any atom is 0.236 e. The second-order valence-electron chi connectivity index (χ2n) is 7.39. The molecule has 26 heavy (non-hydrogen) atoms. The first-order chi connectivity index (χ1) is 12.7. The number of likely N-dealkylation sites (tertiary alicyclic amines) is 2. The average molecular weight is 360 g/mol. The monoisotopic (exact) mass is 360 g/mol. The van der Waals surface area contributed by atoms with E-state index in [9.17, 15) is 4.79 Å². The lowest BCUT2D eigenvalue weighted by atomic mass is 10.0. The van der Waals surface area contributed by atoms with E-state index in [1.807, 2.05) is 6.07 Å². The maximum atomic E-state index is 12.9. The predicted molar refractivity (Wildman–Crippen MR) is 103 cm³/mol. The zero-order valence-corrected chi connectivity index (χ0v) is 16.2. The standard InChI is InChI=1S/C21H32N2O3/c1-25-19-11-10-17(15-20(19)26-2)18-9-8-14-23(18)16-21(24)22-12-6-4-3-5-7-13-22/h10-11,15,18H,3-9,12-14,16H2,1-2H3. The molecule has 0 saturated carbocycles. The summed E-state index contributed by atoms with van der Waals surface area (Å²) < 4.78 is 10.8. The van der Waals surface area contributed by atoms with E-state index in [1.165, 1.54) is 24.8 Å². The number of ether oxygens (including phenoxy) is 2. The van der Waals surface area contributed by atoms with Crippen molar-refractivity contribution in [1.29, 1.82) is 0 Å². The van der Waals surface area contributed by atoms with Crippen LogP contribution in [0.25, 0.3) is 0 Å². The Hall–Kier alpha value is -1.75. The van der Waals surface area contributed by atoms with Crippen molar-refractivity contribution in [3.05, 3.63) is 23.8 Å². The van der Waals surface area contributed by atoms with Gasteiger partial charge in [-0.15, -0.1) is 0 Å². The number of hydrogen-bond donors (Lipinski definition) is 0. The minimum Gasteiger partial charge on any atom is -0.493 e. The van der Waals surface area contributed by atoms with Gasteiger partial charge in [-0.1, -0.05) is 25.3 Å². The molecule has 2 fully saturated rings. The Kier molecular flexibility index (Phi) is 6.78. The van der Waals surface area contributed by atoms with E-state index in [2.05, 4.69) is 21.9 Å². The highest BCUT2D eigenvalue weighted by atomic mass is 16.5. The van der Waals surface area contributed by atoms with Crippen molar-refractivity contribution in [2.75, 3.05) is 40.4 Å². The average Bonchev–Trinajstić information content (AvgIpc) is 3.08. The zero-order chi connectivity index (χ0) is 18.4. The van der Waals surface area contributed by atoms with Gasteiger partial charge in [0.2, 0.25) is 5.91 Å². The highest BCUT2D eigenvalue weighted by Crippen LogP contribution is 2.36. The van der Waals surface area contributed by atoms with Crippen LogP contribution in [-0.2, 0) is 4.79 Å². The van der Waals surface area contributed by atoms with E-state index in [0.717, 1.165) is 56.8 Å². The third kappa shape index (κ3) is 4.50. The second-order valence-corrected chi connectivity index (χ2v) is 7.39. The molecule has 1 amide bonds. The van der Waals surface area contributed by atoms with Gasteiger partial charge in [-0.25, -0.2) is 0 Å². The molecule has 0 aliphatic carbocycles. The molecule has 0 bridgehead atoms. The molecule has 0 radical (unpaired) electrons. The Labute approximate surface area is 157 Å². The Balaban J connectivity index is 1.67. The molecule has 1 aromatic rings. The van der Waals surface area contributed by atoms with E-state index in [1.54, 1.807) is 14.2 Å². The molecule has 0 N–H and O–H groups in total. The predicted octanol–water partition coefficient (Wildman–Crippen LogP) is 3.63. The number of carbonyl (C=O) groups excluding carboxylic acids is 1. The first kappa shape index (κ1) is 19.0. The van der Waals surface area contributed by atoms with Crippen LogP contribution < -0.4 is 9.47 Å². The molecular weight excluding hydrogens is 328 g/mol. The van der Waals surface area contributed by atoms with Crippen LogP contribution in [0.1, 0.15) is 56.6 Å². The summed E-state index contributed by atoms with van der Waals surface area (Å²) in [6.07, 6.45) is 8.32. The summed E-state index contributed by atoms with van der Waals surface area (Å²) in [4.78, 5) is 17.3. The molecule has 1 atom stereocenters. The number of nitrogens with zero attached hydrogens (tertiary/aromatic N) is 2. The van der Waals surface area contributed by atoms with E-state index in [0.29, 0.717) is 12.5 Å². The van der Waals surface area contributed by atoms with Crippen LogP contribution >= 0.6 is 0 Å². The number of rotatable bonds is 5. The van der Waals surface area contributed by atoms with Crippen LogP contribution in [-0.4, -0.2) is 56.1 Å². The smallest absolute Gasteiger partial charge is 0.236 e. The van der Waals surface area contributed by atoms with Gasteiger partial charge in [0.1, 0.15) is 0 Å². The lowest BCUT2D eigenvalue weighted by molar-refractivity contribution is -0.133. The van der Waals surface area contributed by atoms with Crippen LogP contribution in [0.15, 0.2) is 18.2 Å². The summed E-state index contributed by atoms with van der Waals surface area (Å²) in [6.45, 7) is 3.36. The molecule has 2 aliphatic rings. The van der Waals surface area contributed by atoms with Gasteiger partial charge in [0.25, 0.3) is 0 Å². The number of benzene rings is 1. The molecule has 5 nitrogen and oxygen atoms in total. The van der Waals surface area contributed by atoms with Crippen molar-refractivity contribution in [3.8, 4) is 11.5 Å². The van der Waals surface area contributed by atoms with Crippen LogP contribution in [0.4, 0.5) is 0 Å². The number of amides is 1. The molecule has 3 rings (SSSR count). The minimum atomic E-state index is 0.286. The lowest BCUT2D eigenvalue weighted by Crippen LogP contribution is -2.41. The summed E-state index contributed by atoms with van der Waals surface area (Å²) in [7, 11) is 3.32. The Morgan fingerprint density at radius 3 is 2.35 bits per heavy atom. The minimum absolute atomic E-state index is 0.286. The van der Waals surface area contributed by atoms with Crippen molar-refractivity contribution in [1.82, 2.24) is 9.80 Å². The number of hydrogen-bond acceptors (Lipinski definition) is 4. The fourth-order valence-corrected chi connectivity index (χ4v) is 4.22. The van der Waals surface area contributed by atoms with E-state index in [-0.39, 0.29) is 6.04 Å². The Morgan fingerprint density at radius 2 is 1.65 bits per heavy atom. The molecule has 0 aromatic heterocycles. The molecule has 144 valence electrons. The van der Waals surface area contributed by atoms with Gasteiger partial charge in [0, 0.05) is 19.1 Å². The van der Waals surface area contributed by atoms with Crippen molar-refractivity contribution in [2.24, 2.45) is 0 Å². The third-order valence-electron chi connectivity index (χ3n) is 5.70. The summed E-state index contributed by atoms with van der Waals surface area (Å²) in [6, 6.07) is 6.41. The van der Waals surface area contributed by atoms with Crippen LogP contribution in [0, 0.1) is 0 Å². The van der Waals surface area contributed by atoms with Crippen LogP contribution in [0.2, 0.25) is 0 Å². The van der Waals surface area contributed by atoms with Gasteiger partial charge in [0.05, 0.1) is 20.8 Å². The molecule has 0 spiro atoms. The molecule has 2 heterocycles. The lowest BCUT2D eigenvalue weighted by Gasteiger charge is -2.30. The quantitative estimate of drug-likeness (QED) is 0.804. The summed E-state index contributed by atoms with van der Waals surface area (Å²) in [5.74, 6) is 1.80. The third-order valence-corrected chi connectivity index (χ3v) is 5.70. The fraction of sp³-hybridized carbons (Fsp3) is 0.667. The molecule has 2 saturated heterocycles. The Bertz CT molecular complexity index is 597. The summed E-state index contributed by atoms with van der Waals surface area (Å²) in [5.41, 5.74) is 1.21. The molecule has 1 aromatic carbocycles. The SMILES string of the molecule is COc1ccc(C2CCCN2CC(=O)N2CCCCCCC2)cc1OC. The first-order valence-electron chi connectivity index (χ1n) is 9.96. The van der Waals surface area contributed by atoms with Gasteiger partial charge in [-0.2, -0.15) is 0 Å². The summed E-state index contributed by atoms with van der Waals surface area (Å²) in [5, 5.41) is 0. The van der Waals surface area contributed by atoms with Gasteiger partial charge in [-0.3, -0.25) is 9.69 Å². The second kappa shape index (κ2) is 9.26. The van der Waals surface area contributed by atoms with Crippen LogP contribution in [0.5, 0.6) is 11.5 Å². The Morgan fingerprint density at radius 1 is 0.962 bits per heavy atom. The fourth-order valence-electron chi connectivity index (χ4n) is 4.22. The maximum absolute atomic E-state index is 12.9. The van der Waals surface area contributed by atoms with Crippen LogP contribution in [0.3, 0.4) is 0 Å². The molecule has 5 heteroatoms. The molecule has 1 unspecified atom stereocenters. The van der Waals surface area contributed by atoms with Crippen molar-refractivity contribution in [2.45, 2.75) is 51.0 Å². The van der Waals surface area contributed by atoms with E-state index in [4.69, 9.17) is 9.47 Å². The molecule has 2 aliphatic heterocycles. The summed E-state index contributed by atoms with van der Waals surface area (Å²) >= 11 is 0. The van der Waals surface area contributed by atoms with E-state index < -0.39 is 0 Å². The zero-order valence-electron chi connectivity index (χ0n) is 16.2. The highest BCUT2D eigenvalue weighted by molar-refractivity contribution is 5.78. The first-order valence-corrected chi connectivity index (χ1v) is 9.96. The molecular formula is C21H32N2O3. The number of carbonyl (C=O) groups is 1. The number of methoxy groups -OCH3 is 2. The van der Waals surface area contributed by atoms with Crippen molar-refractivity contribution >= 4 is 5.91 Å². The van der Waals surface area contributed by atoms with Crippen molar-refractivity contribution in [3.63, 3.8) is 0 Å². The highest BCUT2D eigenvalue weighted by Gasteiger charge is 2.29. The van der Waals surface area contributed by atoms with Gasteiger partial charge >= 0.3 is 0 Å². The van der Waals surface area contributed by atoms with Gasteiger partial charge in [0.15, 0.2) is 11.5 Å². The normalized spacial score (nSPS) is 21.9. The van der Waals surface area contributed by atoms with Crippen molar-refractivity contribution < 1.29 is 14.3 Å². The van der Waals surface area contributed by atoms with E-state index >= 15 is 0 Å². The van der Waals surface area contributed by atoms with Gasteiger partial charge in [-0.05, 0) is 49.9 Å². The van der Waals surface area contributed by atoms with Gasteiger partial charge < -0.3 is 14.4 Å². The largest absolute Gasteiger partial charge is 0.493 e. The topological polar surface area (TPSA) is 42.0 Å².